The fourth-order valence-electron chi connectivity index (χ4n) is 3.12. The van der Waals surface area contributed by atoms with Crippen molar-refractivity contribution >= 4 is 29.2 Å². The highest BCUT2D eigenvalue weighted by Crippen LogP contribution is 2.16. The van der Waals surface area contributed by atoms with Crippen LogP contribution >= 0.6 is 11.8 Å². The van der Waals surface area contributed by atoms with Gasteiger partial charge in [0.1, 0.15) is 0 Å². The van der Waals surface area contributed by atoms with E-state index in [0.717, 1.165) is 22.6 Å². The monoisotopic (exact) mass is 418 g/mol. The second kappa shape index (κ2) is 10.1. The highest BCUT2D eigenvalue weighted by molar-refractivity contribution is 8.12. The van der Waals surface area contributed by atoms with Crippen LogP contribution in [0.2, 0.25) is 0 Å². The molecule has 1 aromatic carbocycles. The van der Waals surface area contributed by atoms with Crippen LogP contribution in [0.1, 0.15) is 5.56 Å². The highest BCUT2D eigenvalue weighted by Gasteiger charge is 2.22. The summed E-state index contributed by atoms with van der Waals surface area (Å²) in [6, 6.07) is 15.3. The van der Waals surface area contributed by atoms with Crippen LogP contribution in [0.25, 0.3) is 11.3 Å². The average Bonchev–Trinajstić information content (AvgIpc) is 3.32. The highest BCUT2D eigenvalue weighted by atomic mass is 32.2. The number of amides is 1. The van der Waals surface area contributed by atoms with Gasteiger partial charge in [-0.3, -0.25) is 20.1 Å². The van der Waals surface area contributed by atoms with Crippen molar-refractivity contribution in [2.45, 2.75) is 18.5 Å². The Balaban J connectivity index is 1.47. The number of nitrogens with zero attached hydrogens (tertiary/aromatic N) is 4. The minimum absolute atomic E-state index is 0.166. The van der Waals surface area contributed by atoms with Crippen molar-refractivity contribution in [3.05, 3.63) is 72.7 Å². The number of aromatic nitrogens is 3. The molecule has 0 saturated heterocycles. The van der Waals surface area contributed by atoms with Gasteiger partial charge in [-0.25, -0.2) is 9.97 Å². The van der Waals surface area contributed by atoms with Gasteiger partial charge in [-0.05, 0) is 30.2 Å². The van der Waals surface area contributed by atoms with E-state index >= 15 is 0 Å². The molecule has 2 atom stereocenters. The topological polar surface area (TPSA) is 92.2 Å². The molecular formula is C22H22N6OS. The smallest absolute Gasteiger partial charge is 0.244 e. The Bertz CT molecular complexity index is 999. The number of benzene rings is 1. The molecule has 8 heteroatoms. The summed E-state index contributed by atoms with van der Waals surface area (Å²) in [6.45, 7) is 0.645. The van der Waals surface area contributed by atoms with Gasteiger partial charge in [-0.15, -0.1) is 11.8 Å². The van der Waals surface area contributed by atoms with Crippen LogP contribution in [0.4, 0.5) is 5.95 Å². The first-order valence-corrected chi connectivity index (χ1v) is 10.8. The second-order valence-electron chi connectivity index (χ2n) is 6.88. The number of anilines is 1. The lowest BCUT2D eigenvalue weighted by Crippen LogP contribution is -2.45. The Morgan fingerprint density at radius 3 is 2.70 bits per heavy atom. The lowest BCUT2D eigenvalue weighted by molar-refractivity contribution is -0.118. The van der Waals surface area contributed by atoms with E-state index in [1.165, 1.54) is 0 Å². The molecule has 0 bridgehead atoms. The van der Waals surface area contributed by atoms with Crippen LogP contribution in [0, 0.1) is 0 Å². The van der Waals surface area contributed by atoms with Crippen LogP contribution < -0.4 is 10.6 Å². The zero-order valence-corrected chi connectivity index (χ0v) is 17.1. The quantitative estimate of drug-likeness (QED) is 0.584. The SMILES string of the molecule is O=C(Nc1nccc(-c2ccncc2)n1)[C@H](Cc1ccccc1)NCC1CSC=N1. The zero-order valence-electron chi connectivity index (χ0n) is 16.3. The van der Waals surface area contributed by atoms with Gasteiger partial charge in [0.15, 0.2) is 0 Å². The summed E-state index contributed by atoms with van der Waals surface area (Å²) in [6.07, 6.45) is 5.63. The van der Waals surface area contributed by atoms with E-state index in [4.69, 9.17) is 0 Å². The van der Waals surface area contributed by atoms with Gasteiger partial charge in [0.25, 0.3) is 0 Å². The van der Waals surface area contributed by atoms with Crippen molar-refractivity contribution in [2.75, 3.05) is 17.6 Å². The largest absolute Gasteiger partial charge is 0.303 e. The van der Waals surface area contributed by atoms with Crippen molar-refractivity contribution in [2.24, 2.45) is 4.99 Å². The van der Waals surface area contributed by atoms with Crippen molar-refractivity contribution in [3.8, 4) is 11.3 Å². The molecule has 0 aliphatic carbocycles. The Morgan fingerprint density at radius 2 is 1.93 bits per heavy atom. The minimum atomic E-state index is -0.415. The van der Waals surface area contributed by atoms with Gasteiger partial charge in [0, 0.05) is 36.5 Å². The molecule has 1 unspecified atom stereocenters. The third-order valence-electron chi connectivity index (χ3n) is 4.70. The van der Waals surface area contributed by atoms with E-state index in [9.17, 15) is 4.79 Å². The molecule has 0 radical (unpaired) electrons. The molecule has 0 spiro atoms. The van der Waals surface area contributed by atoms with Gasteiger partial charge in [-0.1, -0.05) is 30.3 Å². The summed E-state index contributed by atoms with van der Waals surface area (Å²) < 4.78 is 0. The molecule has 1 amide bonds. The molecule has 152 valence electrons. The number of carbonyl (C=O) groups is 1. The molecule has 1 aliphatic heterocycles. The zero-order chi connectivity index (χ0) is 20.6. The number of aliphatic imine (C=N–C) groups is 1. The lowest BCUT2D eigenvalue weighted by Gasteiger charge is -2.19. The van der Waals surface area contributed by atoms with Crippen molar-refractivity contribution in [1.82, 2.24) is 20.3 Å². The molecular weight excluding hydrogens is 396 g/mol. The first-order valence-electron chi connectivity index (χ1n) is 9.73. The molecule has 2 N–H and O–H groups in total. The predicted octanol–water partition coefficient (Wildman–Crippen LogP) is 2.82. The number of hydrogen-bond donors (Lipinski definition) is 2. The summed E-state index contributed by atoms with van der Waals surface area (Å²) in [5.41, 5.74) is 4.60. The summed E-state index contributed by atoms with van der Waals surface area (Å²) >= 11 is 1.69. The standard InChI is InChI=1S/C22H22N6OS/c29-21(28-22-24-11-8-19(27-22)17-6-9-23-10-7-17)20(12-16-4-2-1-3-5-16)25-13-18-14-30-15-26-18/h1-11,15,18,20,25H,12-14H2,(H,24,27,28,29)/t18?,20-/m0/s1. The van der Waals surface area contributed by atoms with E-state index < -0.39 is 6.04 Å². The van der Waals surface area contributed by atoms with E-state index in [0.29, 0.717) is 13.0 Å². The molecule has 7 nitrogen and oxygen atoms in total. The van der Waals surface area contributed by atoms with Crippen LogP contribution in [-0.4, -0.2) is 50.8 Å². The minimum Gasteiger partial charge on any atom is -0.303 e. The van der Waals surface area contributed by atoms with Crippen molar-refractivity contribution in [1.29, 1.82) is 0 Å². The maximum absolute atomic E-state index is 13.1. The maximum atomic E-state index is 13.1. The Morgan fingerprint density at radius 1 is 1.10 bits per heavy atom. The van der Waals surface area contributed by atoms with Crippen LogP contribution in [0.3, 0.4) is 0 Å². The Labute approximate surface area is 179 Å². The molecule has 0 saturated carbocycles. The summed E-state index contributed by atoms with van der Waals surface area (Å²) in [4.78, 5) is 30.2. The van der Waals surface area contributed by atoms with Gasteiger partial charge < -0.3 is 5.32 Å². The van der Waals surface area contributed by atoms with E-state index in [1.54, 1.807) is 36.4 Å². The molecule has 1 aliphatic rings. The molecule has 3 aromatic rings. The molecule has 2 aromatic heterocycles. The first-order chi connectivity index (χ1) is 14.8. The third kappa shape index (κ3) is 5.49. The fraction of sp³-hybridized carbons (Fsp3) is 0.227. The van der Waals surface area contributed by atoms with E-state index in [1.807, 2.05) is 48.0 Å². The van der Waals surface area contributed by atoms with Gasteiger partial charge in [-0.2, -0.15) is 0 Å². The van der Waals surface area contributed by atoms with Crippen molar-refractivity contribution < 1.29 is 4.79 Å². The number of thioether (sulfide) groups is 1. The normalized spacial score (nSPS) is 16.3. The Kier molecular flexibility index (Phi) is 6.79. The number of pyridine rings is 1. The summed E-state index contributed by atoms with van der Waals surface area (Å²) in [7, 11) is 0. The molecule has 3 heterocycles. The van der Waals surface area contributed by atoms with Crippen molar-refractivity contribution in [3.63, 3.8) is 0 Å². The van der Waals surface area contributed by atoms with Gasteiger partial charge in [0.05, 0.1) is 23.3 Å². The average molecular weight is 419 g/mol. The fourth-order valence-corrected chi connectivity index (χ4v) is 3.89. The Hall–Kier alpha value is -3.10. The second-order valence-corrected chi connectivity index (χ2v) is 7.76. The molecule has 30 heavy (non-hydrogen) atoms. The van der Waals surface area contributed by atoms with Crippen LogP contribution in [-0.2, 0) is 11.2 Å². The van der Waals surface area contributed by atoms with Crippen LogP contribution in [0.5, 0.6) is 0 Å². The number of carbonyl (C=O) groups excluding carboxylic acids is 1. The van der Waals surface area contributed by atoms with Gasteiger partial charge in [0.2, 0.25) is 11.9 Å². The van der Waals surface area contributed by atoms with E-state index in [-0.39, 0.29) is 17.9 Å². The number of rotatable bonds is 8. The number of hydrogen-bond acceptors (Lipinski definition) is 7. The molecule has 0 fully saturated rings. The van der Waals surface area contributed by atoms with Crippen LogP contribution in [0.15, 0.2) is 72.1 Å². The predicted molar refractivity (Wildman–Crippen MR) is 121 cm³/mol. The van der Waals surface area contributed by atoms with E-state index in [2.05, 4.69) is 30.6 Å². The number of nitrogens with one attached hydrogen (secondary N) is 2. The maximum Gasteiger partial charge on any atom is 0.244 e. The summed E-state index contributed by atoms with van der Waals surface area (Å²) in [5.74, 6) is 1.05. The lowest BCUT2D eigenvalue weighted by atomic mass is 10.0. The summed E-state index contributed by atoms with van der Waals surface area (Å²) in [5, 5.41) is 6.24. The van der Waals surface area contributed by atoms with Gasteiger partial charge >= 0.3 is 0 Å². The third-order valence-corrected chi connectivity index (χ3v) is 5.55. The first kappa shape index (κ1) is 20.2. The molecule has 4 rings (SSSR count).